The maximum atomic E-state index is 5.65. The van der Waals surface area contributed by atoms with Crippen molar-refractivity contribution in [2.75, 3.05) is 13.7 Å². The van der Waals surface area contributed by atoms with Crippen molar-refractivity contribution in [3.05, 3.63) is 52.3 Å². The van der Waals surface area contributed by atoms with Gasteiger partial charge in [0.05, 0.1) is 35.8 Å². The molecule has 24 heavy (non-hydrogen) atoms. The Bertz CT molecular complexity index is 799. The molecule has 0 aliphatic heterocycles. The number of H-pyrrole nitrogens is 1. The summed E-state index contributed by atoms with van der Waals surface area (Å²) < 4.78 is 11.9. The second-order valence-corrected chi connectivity index (χ2v) is 6.20. The Kier molecular flexibility index (Phi) is 5.37. The van der Waals surface area contributed by atoms with E-state index in [1.165, 1.54) is 0 Å². The largest absolute Gasteiger partial charge is 0.492 e. The summed E-state index contributed by atoms with van der Waals surface area (Å²) in [7, 11) is 1.64. The Balaban J connectivity index is 1.67. The van der Waals surface area contributed by atoms with Crippen molar-refractivity contribution in [3.63, 3.8) is 0 Å². The number of benzene rings is 2. The van der Waals surface area contributed by atoms with E-state index in [4.69, 9.17) is 9.47 Å². The smallest absolute Gasteiger partial charge is 0.174 e. The predicted molar refractivity (Wildman–Crippen MR) is 98.5 cm³/mol. The van der Waals surface area contributed by atoms with Gasteiger partial charge in [-0.1, -0.05) is 12.1 Å². The van der Waals surface area contributed by atoms with E-state index in [2.05, 4.69) is 31.2 Å². The number of ether oxygens (including phenoxy) is 2. The topological polar surface area (TPSA) is 59.2 Å². The average molecular weight is 390 g/mol. The van der Waals surface area contributed by atoms with E-state index < -0.39 is 0 Å². The maximum Gasteiger partial charge on any atom is 0.174 e. The zero-order valence-corrected chi connectivity index (χ0v) is 15.3. The lowest BCUT2D eigenvalue weighted by atomic mass is 10.2. The van der Waals surface area contributed by atoms with Gasteiger partial charge in [-0.3, -0.25) is 0 Å². The highest BCUT2D eigenvalue weighted by Gasteiger charge is 2.11. The number of aromatic amines is 1. The summed E-state index contributed by atoms with van der Waals surface area (Å²) in [6, 6.07) is 12.1. The summed E-state index contributed by atoms with van der Waals surface area (Å²) in [5, 5.41) is 3.40. The maximum absolute atomic E-state index is 5.65. The molecule has 0 unspecified atom stereocenters. The van der Waals surface area contributed by atoms with Crippen molar-refractivity contribution in [2.24, 2.45) is 0 Å². The number of fused-ring (bicyclic) bond motifs is 1. The molecule has 126 valence electrons. The van der Waals surface area contributed by atoms with Gasteiger partial charge in [-0.2, -0.15) is 0 Å². The van der Waals surface area contributed by atoms with Gasteiger partial charge < -0.3 is 19.8 Å². The summed E-state index contributed by atoms with van der Waals surface area (Å²) in [5.41, 5.74) is 3.16. The number of hydrogen-bond acceptors (Lipinski definition) is 4. The highest BCUT2D eigenvalue weighted by Crippen LogP contribution is 2.36. The van der Waals surface area contributed by atoms with Crippen LogP contribution in [0.15, 0.2) is 40.9 Å². The molecule has 0 aliphatic carbocycles. The first-order valence-electron chi connectivity index (χ1n) is 7.84. The second-order valence-electron chi connectivity index (χ2n) is 5.35. The van der Waals surface area contributed by atoms with Crippen molar-refractivity contribution >= 4 is 27.0 Å². The molecule has 0 saturated heterocycles. The van der Waals surface area contributed by atoms with Gasteiger partial charge in [-0.25, -0.2) is 4.98 Å². The van der Waals surface area contributed by atoms with Crippen molar-refractivity contribution in [3.8, 4) is 11.5 Å². The molecule has 2 N–H and O–H groups in total. The zero-order valence-electron chi connectivity index (χ0n) is 13.7. The third-order valence-corrected chi connectivity index (χ3v) is 4.22. The Morgan fingerprint density at radius 2 is 2.04 bits per heavy atom. The van der Waals surface area contributed by atoms with Crippen LogP contribution in [0.25, 0.3) is 11.0 Å². The van der Waals surface area contributed by atoms with Crippen LogP contribution in [-0.2, 0) is 13.1 Å². The third-order valence-electron chi connectivity index (χ3n) is 3.63. The number of halogens is 1. The summed E-state index contributed by atoms with van der Waals surface area (Å²) >= 11 is 3.54. The highest BCUT2D eigenvalue weighted by atomic mass is 79.9. The van der Waals surface area contributed by atoms with Gasteiger partial charge in [0.15, 0.2) is 11.5 Å². The van der Waals surface area contributed by atoms with Gasteiger partial charge in [0, 0.05) is 6.54 Å². The molecule has 0 saturated carbocycles. The predicted octanol–water partition coefficient (Wildman–Crippen LogP) is 4.02. The van der Waals surface area contributed by atoms with Crippen molar-refractivity contribution in [1.29, 1.82) is 0 Å². The molecule has 0 amide bonds. The number of para-hydroxylation sites is 2. The third kappa shape index (κ3) is 3.71. The quantitative estimate of drug-likeness (QED) is 0.640. The van der Waals surface area contributed by atoms with Gasteiger partial charge in [-0.15, -0.1) is 0 Å². The molecule has 1 aromatic heterocycles. The standard InChI is InChI=1S/C18H20BrN3O2/c1-3-24-16-9-12(8-13(19)18(16)23-2)10-20-11-17-21-14-6-4-5-7-15(14)22-17/h4-9,20H,3,10-11H2,1-2H3,(H,21,22). The monoisotopic (exact) mass is 389 g/mol. The molecule has 0 spiro atoms. The molecule has 1 heterocycles. The van der Waals surface area contributed by atoms with E-state index in [0.29, 0.717) is 19.7 Å². The minimum absolute atomic E-state index is 0.596. The fraction of sp³-hybridized carbons (Fsp3) is 0.278. The zero-order chi connectivity index (χ0) is 16.9. The Hall–Kier alpha value is -2.05. The minimum Gasteiger partial charge on any atom is -0.492 e. The first-order valence-corrected chi connectivity index (χ1v) is 8.64. The van der Waals surface area contributed by atoms with Gasteiger partial charge in [0.1, 0.15) is 5.82 Å². The lowest BCUT2D eigenvalue weighted by Crippen LogP contribution is -2.14. The molecule has 0 aliphatic rings. The Morgan fingerprint density at radius 3 is 2.79 bits per heavy atom. The highest BCUT2D eigenvalue weighted by molar-refractivity contribution is 9.10. The van der Waals surface area contributed by atoms with Gasteiger partial charge in [0.2, 0.25) is 0 Å². The fourth-order valence-electron chi connectivity index (χ4n) is 2.60. The van der Waals surface area contributed by atoms with Crippen molar-refractivity contribution in [1.82, 2.24) is 15.3 Å². The number of methoxy groups -OCH3 is 1. The van der Waals surface area contributed by atoms with E-state index in [9.17, 15) is 0 Å². The molecular formula is C18H20BrN3O2. The molecule has 0 bridgehead atoms. The molecule has 0 atom stereocenters. The molecule has 3 rings (SSSR count). The van der Waals surface area contributed by atoms with Crippen molar-refractivity contribution < 1.29 is 9.47 Å². The van der Waals surface area contributed by atoms with Crippen molar-refractivity contribution in [2.45, 2.75) is 20.0 Å². The molecule has 6 heteroatoms. The number of nitrogens with zero attached hydrogens (tertiary/aromatic N) is 1. The number of hydrogen-bond donors (Lipinski definition) is 2. The summed E-state index contributed by atoms with van der Waals surface area (Å²) in [5.74, 6) is 2.39. The lowest BCUT2D eigenvalue weighted by Gasteiger charge is -2.13. The fourth-order valence-corrected chi connectivity index (χ4v) is 3.25. The van der Waals surface area contributed by atoms with Crippen LogP contribution in [0.5, 0.6) is 11.5 Å². The van der Waals surface area contributed by atoms with E-state index in [1.54, 1.807) is 7.11 Å². The molecule has 3 aromatic rings. The van der Waals surface area contributed by atoms with Gasteiger partial charge >= 0.3 is 0 Å². The van der Waals surface area contributed by atoms with E-state index in [1.807, 2.05) is 43.3 Å². The number of aromatic nitrogens is 2. The van der Waals surface area contributed by atoms with Crippen LogP contribution in [0.4, 0.5) is 0 Å². The normalized spacial score (nSPS) is 11.0. The molecule has 2 aromatic carbocycles. The van der Waals surface area contributed by atoms with Crippen LogP contribution < -0.4 is 14.8 Å². The van der Waals surface area contributed by atoms with E-state index in [0.717, 1.165) is 38.4 Å². The average Bonchev–Trinajstić information content (AvgIpc) is 2.98. The minimum atomic E-state index is 0.596. The lowest BCUT2D eigenvalue weighted by molar-refractivity contribution is 0.309. The second kappa shape index (κ2) is 7.68. The SMILES string of the molecule is CCOc1cc(CNCc2nc3ccccc3[nH]2)cc(Br)c1OC. The summed E-state index contributed by atoms with van der Waals surface area (Å²) in [4.78, 5) is 7.88. The number of imidazole rings is 1. The summed E-state index contributed by atoms with van der Waals surface area (Å²) in [6.45, 7) is 3.93. The van der Waals surface area contributed by atoms with Crippen LogP contribution in [0.2, 0.25) is 0 Å². The first kappa shape index (κ1) is 16.8. The molecule has 0 fully saturated rings. The first-order chi connectivity index (χ1) is 11.7. The van der Waals surface area contributed by atoms with Crippen LogP contribution >= 0.6 is 15.9 Å². The molecule has 0 radical (unpaired) electrons. The van der Waals surface area contributed by atoms with E-state index in [-0.39, 0.29) is 0 Å². The molecular weight excluding hydrogens is 370 g/mol. The van der Waals surface area contributed by atoms with Gasteiger partial charge in [-0.05, 0) is 52.7 Å². The Labute approximate surface area is 149 Å². The van der Waals surface area contributed by atoms with Gasteiger partial charge in [0.25, 0.3) is 0 Å². The van der Waals surface area contributed by atoms with E-state index >= 15 is 0 Å². The molecule has 5 nitrogen and oxygen atoms in total. The Morgan fingerprint density at radius 1 is 1.21 bits per heavy atom. The summed E-state index contributed by atoms with van der Waals surface area (Å²) in [6.07, 6.45) is 0. The number of nitrogens with one attached hydrogen (secondary N) is 2. The van der Waals surface area contributed by atoms with Crippen LogP contribution in [-0.4, -0.2) is 23.7 Å². The van der Waals surface area contributed by atoms with Crippen LogP contribution in [0, 0.1) is 0 Å². The van der Waals surface area contributed by atoms with Crippen LogP contribution in [0.3, 0.4) is 0 Å². The number of rotatable bonds is 7. The van der Waals surface area contributed by atoms with Crippen LogP contribution in [0.1, 0.15) is 18.3 Å².